The van der Waals surface area contributed by atoms with Crippen LogP contribution in [0.4, 0.5) is 4.79 Å². The van der Waals surface area contributed by atoms with Crippen LogP contribution >= 0.6 is 0 Å². The number of ether oxygens (including phenoxy) is 1. The maximum absolute atomic E-state index is 11.9. The lowest BCUT2D eigenvalue weighted by Crippen LogP contribution is -2.45. The van der Waals surface area contributed by atoms with Gasteiger partial charge in [0.25, 0.3) is 0 Å². The number of carboxylic acids is 1. The molecule has 0 heterocycles. The number of likely N-dealkylation sites (N-methyl/N-ethyl adjacent to an activating group) is 1. The van der Waals surface area contributed by atoms with Crippen LogP contribution < -0.4 is 5.32 Å². The van der Waals surface area contributed by atoms with Crippen LogP contribution in [0, 0.1) is 0 Å². The molecule has 112 valence electrons. The molecule has 19 heavy (non-hydrogen) atoms. The smallest absolute Gasteiger partial charge is 0.317 e. The molecule has 0 aromatic rings. The van der Waals surface area contributed by atoms with Gasteiger partial charge in [-0.2, -0.15) is 0 Å². The molecule has 6 nitrogen and oxygen atoms in total. The highest BCUT2D eigenvalue weighted by Crippen LogP contribution is 2.01. The molecule has 0 aromatic carbocycles. The summed E-state index contributed by atoms with van der Waals surface area (Å²) in [5.74, 6) is -0.801. The topological polar surface area (TPSA) is 78.9 Å². The summed E-state index contributed by atoms with van der Waals surface area (Å²) in [4.78, 5) is 24.0. The molecule has 0 bridgehead atoms. The van der Waals surface area contributed by atoms with Gasteiger partial charge in [0.15, 0.2) is 0 Å². The fourth-order valence-corrected chi connectivity index (χ4v) is 1.66. The predicted molar refractivity (Wildman–Crippen MR) is 73.2 cm³/mol. The van der Waals surface area contributed by atoms with Crippen LogP contribution in [0.1, 0.15) is 40.0 Å². The molecular formula is C13H26N2O4. The maximum Gasteiger partial charge on any atom is 0.317 e. The van der Waals surface area contributed by atoms with Gasteiger partial charge >= 0.3 is 12.0 Å². The van der Waals surface area contributed by atoms with Gasteiger partial charge < -0.3 is 20.1 Å². The van der Waals surface area contributed by atoms with Crippen molar-refractivity contribution in [2.75, 3.05) is 26.3 Å². The van der Waals surface area contributed by atoms with Gasteiger partial charge in [0.05, 0.1) is 6.61 Å². The van der Waals surface area contributed by atoms with Crippen molar-refractivity contribution < 1.29 is 19.4 Å². The predicted octanol–water partition coefficient (Wildman–Crippen LogP) is 1.70. The number of carbonyl (C=O) groups excluding carboxylic acids is 1. The summed E-state index contributed by atoms with van der Waals surface area (Å²) in [6.45, 7) is 8.09. The number of hydrogen-bond acceptors (Lipinski definition) is 3. The van der Waals surface area contributed by atoms with Gasteiger partial charge in [-0.25, -0.2) is 4.79 Å². The van der Waals surface area contributed by atoms with E-state index in [-0.39, 0.29) is 18.5 Å². The number of urea groups is 1. The summed E-state index contributed by atoms with van der Waals surface area (Å²) in [7, 11) is 0. The summed E-state index contributed by atoms with van der Waals surface area (Å²) < 4.78 is 5.23. The van der Waals surface area contributed by atoms with Crippen LogP contribution in [0.5, 0.6) is 0 Å². The zero-order valence-corrected chi connectivity index (χ0v) is 12.1. The molecule has 1 unspecified atom stereocenters. The monoisotopic (exact) mass is 274 g/mol. The maximum atomic E-state index is 11.9. The van der Waals surface area contributed by atoms with E-state index in [0.717, 1.165) is 0 Å². The normalized spacial score (nSPS) is 11.9. The first kappa shape index (κ1) is 17.7. The zero-order chi connectivity index (χ0) is 14.7. The Hall–Kier alpha value is -1.30. The van der Waals surface area contributed by atoms with E-state index in [9.17, 15) is 9.59 Å². The fourth-order valence-electron chi connectivity index (χ4n) is 1.66. The highest BCUT2D eigenvalue weighted by molar-refractivity contribution is 5.74. The van der Waals surface area contributed by atoms with Gasteiger partial charge in [-0.1, -0.05) is 0 Å². The summed E-state index contributed by atoms with van der Waals surface area (Å²) in [5.41, 5.74) is 0. The molecule has 6 heteroatoms. The molecule has 0 saturated heterocycles. The minimum Gasteiger partial charge on any atom is -0.481 e. The number of amides is 2. The average molecular weight is 274 g/mol. The SMILES string of the molecule is CCOCCN(CC)C(=O)NC(C)CCCC(=O)O. The molecule has 0 saturated carbocycles. The van der Waals surface area contributed by atoms with Crippen LogP contribution in [0.2, 0.25) is 0 Å². The van der Waals surface area contributed by atoms with E-state index in [4.69, 9.17) is 9.84 Å². The van der Waals surface area contributed by atoms with Gasteiger partial charge in [0, 0.05) is 32.2 Å². The Kier molecular flexibility index (Phi) is 9.88. The van der Waals surface area contributed by atoms with Crippen LogP contribution in [-0.4, -0.2) is 54.4 Å². The second kappa shape index (κ2) is 10.6. The number of carboxylic acid groups (broad SMARTS) is 1. The number of aliphatic carboxylic acids is 1. The quantitative estimate of drug-likeness (QED) is 0.594. The second-order valence-electron chi connectivity index (χ2n) is 4.41. The standard InChI is InChI=1S/C13H26N2O4/c1-4-15(9-10-19-5-2)13(18)14-11(3)7-6-8-12(16)17/h11H,4-10H2,1-3H3,(H,14,18)(H,16,17). The Morgan fingerprint density at radius 3 is 2.58 bits per heavy atom. The highest BCUT2D eigenvalue weighted by Gasteiger charge is 2.13. The molecule has 0 aliphatic carbocycles. The fraction of sp³-hybridized carbons (Fsp3) is 0.846. The summed E-state index contributed by atoms with van der Waals surface area (Å²) >= 11 is 0. The van der Waals surface area contributed by atoms with Crippen molar-refractivity contribution in [1.29, 1.82) is 0 Å². The average Bonchev–Trinajstić information content (AvgIpc) is 2.34. The van der Waals surface area contributed by atoms with Crippen molar-refractivity contribution in [2.24, 2.45) is 0 Å². The Morgan fingerprint density at radius 2 is 2.05 bits per heavy atom. The van der Waals surface area contributed by atoms with E-state index in [1.165, 1.54) is 0 Å². The highest BCUT2D eigenvalue weighted by atomic mass is 16.5. The number of rotatable bonds is 10. The van der Waals surface area contributed by atoms with Crippen molar-refractivity contribution in [2.45, 2.75) is 46.1 Å². The minimum absolute atomic E-state index is 0.0204. The molecule has 0 fully saturated rings. The van der Waals surface area contributed by atoms with Crippen LogP contribution in [0.25, 0.3) is 0 Å². The van der Waals surface area contributed by atoms with Gasteiger partial charge in [-0.15, -0.1) is 0 Å². The van der Waals surface area contributed by atoms with Gasteiger partial charge in [0.2, 0.25) is 0 Å². The number of carbonyl (C=O) groups is 2. The first-order valence-corrected chi connectivity index (χ1v) is 6.86. The Labute approximate surface area is 115 Å². The molecule has 0 spiro atoms. The molecular weight excluding hydrogens is 248 g/mol. The van der Waals surface area contributed by atoms with Crippen LogP contribution in [0.3, 0.4) is 0 Å². The lowest BCUT2D eigenvalue weighted by atomic mass is 10.1. The first-order chi connectivity index (χ1) is 9.01. The third kappa shape index (κ3) is 9.30. The molecule has 0 aliphatic rings. The first-order valence-electron chi connectivity index (χ1n) is 6.86. The van der Waals surface area contributed by atoms with E-state index in [1.807, 2.05) is 20.8 Å². The Balaban J connectivity index is 3.92. The molecule has 0 rings (SSSR count). The third-order valence-electron chi connectivity index (χ3n) is 2.78. The van der Waals surface area contributed by atoms with Crippen molar-refractivity contribution in [3.8, 4) is 0 Å². The summed E-state index contributed by atoms with van der Waals surface area (Å²) in [6, 6.07) is -0.141. The molecule has 2 amide bonds. The van der Waals surface area contributed by atoms with Crippen LogP contribution in [0.15, 0.2) is 0 Å². The van der Waals surface area contributed by atoms with E-state index in [2.05, 4.69) is 5.32 Å². The molecule has 1 atom stereocenters. The molecule has 2 N–H and O–H groups in total. The van der Waals surface area contributed by atoms with Crippen molar-refractivity contribution in [3.05, 3.63) is 0 Å². The molecule has 0 aromatic heterocycles. The van der Waals surface area contributed by atoms with Gasteiger partial charge in [-0.3, -0.25) is 4.79 Å². The summed E-state index contributed by atoms with van der Waals surface area (Å²) in [6.07, 6.45) is 1.38. The second-order valence-corrected chi connectivity index (χ2v) is 4.41. The van der Waals surface area contributed by atoms with Crippen LogP contribution in [-0.2, 0) is 9.53 Å². The minimum atomic E-state index is -0.801. The molecule has 0 radical (unpaired) electrons. The Morgan fingerprint density at radius 1 is 1.37 bits per heavy atom. The lowest BCUT2D eigenvalue weighted by molar-refractivity contribution is -0.137. The lowest BCUT2D eigenvalue weighted by Gasteiger charge is -2.23. The summed E-state index contributed by atoms with van der Waals surface area (Å²) in [5, 5.41) is 11.4. The van der Waals surface area contributed by atoms with E-state index in [1.54, 1.807) is 4.90 Å². The van der Waals surface area contributed by atoms with Gasteiger partial charge in [0.1, 0.15) is 0 Å². The number of nitrogens with zero attached hydrogens (tertiary/aromatic N) is 1. The zero-order valence-electron chi connectivity index (χ0n) is 12.1. The largest absolute Gasteiger partial charge is 0.481 e. The van der Waals surface area contributed by atoms with E-state index in [0.29, 0.717) is 39.1 Å². The van der Waals surface area contributed by atoms with Crippen molar-refractivity contribution in [1.82, 2.24) is 10.2 Å². The Bertz CT molecular complexity index is 271. The number of nitrogens with one attached hydrogen (secondary N) is 1. The van der Waals surface area contributed by atoms with E-state index >= 15 is 0 Å². The van der Waals surface area contributed by atoms with E-state index < -0.39 is 5.97 Å². The third-order valence-corrected chi connectivity index (χ3v) is 2.78. The number of hydrogen-bond donors (Lipinski definition) is 2. The van der Waals surface area contributed by atoms with Crippen molar-refractivity contribution >= 4 is 12.0 Å². The van der Waals surface area contributed by atoms with Crippen molar-refractivity contribution in [3.63, 3.8) is 0 Å². The van der Waals surface area contributed by atoms with Gasteiger partial charge in [-0.05, 0) is 33.6 Å². The molecule has 0 aliphatic heterocycles.